The van der Waals surface area contributed by atoms with Crippen LogP contribution in [-0.4, -0.2) is 81.0 Å². The second kappa shape index (κ2) is 11.1. The Morgan fingerprint density at radius 1 is 1.11 bits per heavy atom. The van der Waals surface area contributed by atoms with Crippen molar-refractivity contribution in [2.24, 2.45) is 0 Å². The van der Waals surface area contributed by atoms with Gasteiger partial charge in [-0.2, -0.15) is 4.31 Å². The summed E-state index contributed by atoms with van der Waals surface area (Å²) in [6, 6.07) is 7.72. The van der Waals surface area contributed by atoms with Crippen molar-refractivity contribution < 1.29 is 26.7 Å². The molecule has 1 aliphatic heterocycles. The summed E-state index contributed by atoms with van der Waals surface area (Å²) in [6.45, 7) is 5.15. The lowest BCUT2D eigenvalue weighted by molar-refractivity contribution is -0.0440. The minimum atomic E-state index is -3.76. The number of nitrogens with zero attached hydrogens (tertiary/aromatic N) is 4. The first-order chi connectivity index (χ1) is 17.5. The summed E-state index contributed by atoms with van der Waals surface area (Å²) in [7, 11) is 0.0704. The van der Waals surface area contributed by atoms with Gasteiger partial charge in [-0.05, 0) is 71.2 Å². The molecule has 3 aromatic rings. The van der Waals surface area contributed by atoms with Gasteiger partial charge in [-0.3, -0.25) is 9.69 Å². The van der Waals surface area contributed by atoms with Gasteiger partial charge in [-0.25, -0.2) is 22.2 Å². The van der Waals surface area contributed by atoms with Crippen molar-refractivity contribution in [3.05, 3.63) is 53.6 Å². The van der Waals surface area contributed by atoms with Gasteiger partial charge < -0.3 is 9.64 Å². The number of thiazole rings is 1. The van der Waals surface area contributed by atoms with Crippen molar-refractivity contribution in [3.8, 4) is 0 Å². The van der Waals surface area contributed by atoms with Crippen LogP contribution in [0, 0.1) is 11.6 Å². The monoisotopic (exact) mass is 552 g/mol. The predicted molar refractivity (Wildman–Crippen MR) is 140 cm³/mol. The van der Waals surface area contributed by atoms with E-state index in [2.05, 4.69) is 4.98 Å². The van der Waals surface area contributed by atoms with Gasteiger partial charge in [-0.1, -0.05) is 11.3 Å². The molecule has 1 amide bonds. The number of fused-ring (bicyclic) bond motifs is 1. The molecule has 12 heteroatoms. The summed E-state index contributed by atoms with van der Waals surface area (Å²) in [5.41, 5.74) is 0.264. The predicted octanol–water partition coefficient (Wildman–Crippen LogP) is 3.97. The van der Waals surface area contributed by atoms with Crippen molar-refractivity contribution in [1.29, 1.82) is 0 Å². The van der Waals surface area contributed by atoms with E-state index >= 15 is 0 Å². The smallest absolute Gasteiger partial charge is 0.260 e. The summed E-state index contributed by atoms with van der Waals surface area (Å²) in [6.07, 6.45) is 0.176. The highest BCUT2D eigenvalue weighted by Crippen LogP contribution is 2.32. The first kappa shape index (κ1) is 27.5. The number of hydrogen-bond donors (Lipinski definition) is 0. The summed E-state index contributed by atoms with van der Waals surface area (Å²) >= 11 is 1.03. The summed E-state index contributed by atoms with van der Waals surface area (Å²) in [5, 5.41) is 0.247. The number of carbonyl (C=O) groups excluding carboxylic acids is 1. The molecule has 0 aliphatic carbocycles. The number of halogens is 2. The van der Waals surface area contributed by atoms with Crippen LogP contribution in [0.15, 0.2) is 41.3 Å². The van der Waals surface area contributed by atoms with Crippen LogP contribution < -0.4 is 4.90 Å². The normalized spacial score (nSPS) is 19.0. The number of benzene rings is 2. The fourth-order valence-electron chi connectivity index (χ4n) is 4.29. The number of anilines is 1. The van der Waals surface area contributed by atoms with Crippen LogP contribution in [0.3, 0.4) is 0 Å². The third-order valence-electron chi connectivity index (χ3n) is 5.99. The maximum absolute atomic E-state index is 14.3. The maximum atomic E-state index is 14.3. The van der Waals surface area contributed by atoms with Crippen LogP contribution >= 0.6 is 11.3 Å². The van der Waals surface area contributed by atoms with Crippen molar-refractivity contribution >= 4 is 42.6 Å². The van der Waals surface area contributed by atoms with Gasteiger partial charge >= 0.3 is 0 Å². The number of rotatable bonds is 8. The van der Waals surface area contributed by atoms with Crippen LogP contribution in [0.4, 0.5) is 13.9 Å². The second-order valence-corrected chi connectivity index (χ2v) is 12.4. The topological polar surface area (TPSA) is 83.1 Å². The number of hydrogen-bond acceptors (Lipinski definition) is 7. The standard InChI is InChI=1S/C25H30F2N4O4S2/c1-16-14-30(15-17(2)35-16)37(33,34)20-8-6-18(7-9-20)24(32)31(11-5-10-29(3)4)25-28-23-21(27)12-19(26)13-22(23)36-25/h6-9,12-13,16-17H,5,10-11,14-15H2,1-4H3. The van der Waals surface area contributed by atoms with Gasteiger partial charge in [0, 0.05) is 31.3 Å². The molecule has 200 valence electrons. The Balaban J connectivity index is 1.62. The van der Waals surface area contributed by atoms with E-state index in [1.807, 2.05) is 32.8 Å². The molecule has 2 unspecified atom stereocenters. The number of ether oxygens (including phenoxy) is 1. The number of amides is 1. The van der Waals surface area contributed by atoms with E-state index in [1.165, 1.54) is 39.5 Å². The van der Waals surface area contributed by atoms with Crippen LogP contribution in [0.5, 0.6) is 0 Å². The van der Waals surface area contributed by atoms with Gasteiger partial charge in [0.1, 0.15) is 11.3 Å². The van der Waals surface area contributed by atoms with E-state index in [1.54, 1.807) is 0 Å². The fraction of sp³-hybridized carbons (Fsp3) is 0.440. The molecular formula is C25H30F2N4O4S2. The van der Waals surface area contributed by atoms with E-state index in [0.29, 0.717) is 24.2 Å². The molecule has 2 atom stereocenters. The molecule has 4 rings (SSSR count). The van der Waals surface area contributed by atoms with Crippen LogP contribution in [0.1, 0.15) is 30.6 Å². The lowest BCUT2D eigenvalue weighted by Gasteiger charge is -2.34. The lowest BCUT2D eigenvalue weighted by Crippen LogP contribution is -2.48. The van der Waals surface area contributed by atoms with Gasteiger partial charge in [0.25, 0.3) is 5.91 Å². The van der Waals surface area contributed by atoms with E-state index < -0.39 is 27.6 Å². The highest BCUT2D eigenvalue weighted by atomic mass is 32.2. The third-order valence-corrected chi connectivity index (χ3v) is 8.86. The molecule has 2 heterocycles. The quantitative estimate of drug-likeness (QED) is 0.421. The van der Waals surface area contributed by atoms with Gasteiger partial charge in [0.15, 0.2) is 10.9 Å². The Hall–Kier alpha value is -2.51. The molecule has 1 saturated heterocycles. The molecule has 0 radical (unpaired) electrons. The van der Waals surface area contributed by atoms with E-state index in [4.69, 9.17) is 4.74 Å². The fourth-order valence-corrected chi connectivity index (χ4v) is 6.91. The minimum absolute atomic E-state index is 0.00205. The first-order valence-electron chi connectivity index (χ1n) is 11.9. The molecule has 2 aromatic carbocycles. The average molecular weight is 553 g/mol. The number of aromatic nitrogens is 1. The van der Waals surface area contributed by atoms with Crippen LogP contribution in [-0.2, 0) is 14.8 Å². The second-order valence-electron chi connectivity index (χ2n) is 9.45. The minimum Gasteiger partial charge on any atom is -0.373 e. The zero-order chi connectivity index (χ0) is 26.9. The Labute approximate surface area is 219 Å². The van der Waals surface area contributed by atoms with Crippen LogP contribution in [0.2, 0.25) is 0 Å². The van der Waals surface area contributed by atoms with Crippen molar-refractivity contribution in [3.63, 3.8) is 0 Å². The van der Waals surface area contributed by atoms with Gasteiger partial charge in [0.2, 0.25) is 10.0 Å². The van der Waals surface area contributed by atoms with Crippen molar-refractivity contribution in [1.82, 2.24) is 14.2 Å². The Kier molecular flexibility index (Phi) is 8.24. The van der Waals surface area contributed by atoms with Crippen molar-refractivity contribution in [2.45, 2.75) is 37.4 Å². The molecule has 1 aromatic heterocycles. The molecular weight excluding hydrogens is 522 g/mol. The highest BCUT2D eigenvalue weighted by Gasteiger charge is 2.32. The van der Waals surface area contributed by atoms with E-state index in [0.717, 1.165) is 17.4 Å². The maximum Gasteiger partial charge on any atom is 0.260 e. The highest BCUT2D eigenvalue weighted by molar-refractivity contribution is 7.89. The molecule has 0 saturated carbocycles. The summed E-state index contributed by atoms with van der Waals surface area (Å²) < 4.78 is 61.7. The molecule has 0 bridgehead atoms. The number of carbonyl (C=O) groups is 1. The Bertz CT molecular complexity index is 1370. The molecule has 37 heavy (non-hydrogen) atoms. The van der Waals surface area contributed by atoms with E-state index in [9.17, 15) is 22.0 Å². The first-order valence-corrected chi connectivity index (χ1v) is 14.2. The zero-order valence-corrected chi connectivity index (χ0v) is 22.8. The summed E-state index contributed by atoms with van der Waals surface area (Å²) in [5.74, 6) is -1.91. The molecule has 0 spiro atoms. The Morgan fingerprint density at radius 3 is 2.38 bits per heavy atom. The molecule has 1 aliphatic rings. The summed E-state index contributed by atoms with van der Waals surface area (Å²) in [4.78, 5) is 21.3. The number of morpholine rings is 1. The lowest BCUT2D eigenvalue weighted by atomic mass is 10.2. The van der Waals surface area contributed by atoms with Gasteiger partial charge in [-0.15, -0.1) is 0 Å². The average Bonchev–Trinajstić information content (AvgIpc) is 3.25. The third kappa shape index (κ3) is 6.15. The molecule has 8 nitrogen and oxygen atoms in total. The van der Waals surface area contributed by atoms with E-state index in [-0.39, 0.29) is 46.4 Å². The zero-order valence-electron chi connectivity index (χ0n) is 21.1. The largest absolute Gasteiger partial charge is 0.373 e. The SMILES string of the molecule is CC1CN(S(=O)(=O)c2ccc(C(=O)N(CCCN(C)C)c3nc4c(F)cc(F)cc4s3)cc2)CC(C)O1. The van der Waals surface area contributed by atoms with Gasteiger partial charge in [0.05, 0.1) is 21.8 Å². The molecule has 1 fully saturated rings. The van der Waals surface area contributed by atoms with Crippen LogP contribution in [0.25, 0.3) is 10.2 Å². The molecule has 0 N–H and O–H groups in total. The number of sulfonamides is 1. The Morgan fingerprint density at radius 2 is 1.76 bits per heavy atom. The van der Waals surface area contributed by atoms with Crippen molar-refractivity contribution in [2.75, 3.05) is 45.2 Å².